The lowest BCUT2D eigenvalue weighted by molar-refractivity contribution is 0.189. The van der Waals surface area contributed by atoms with Crippen LogP contribution in [0, 0.1) is 0 Å². The minimum absolute atomic E-state index is 0.0517. The molecule has 1 fully saturated rings. The molecule has 22 heavy (non-hydrogen) atoms. The van der Waals surface area contributed by atoms with Crippen molar-refractivity contribution in [3.63, 3.8) is 0 Å². The molecule has 2 rings (SSSR count). The van der Waals surface area contributed by atoms with Crippen molar-refractivity contribution in [2.24, 2.45) is 7.05 Å². The molecule has 0 bridgehead atoms. The van der Waals surface area contributed by atoms with Crippen molar-refractivity contribution in [1.82, 2.24) is 20.0 Å². The molecule has 0 saturated carbocycles. The van der Waals surface area contributed by atoms with Crippen LogP contribution in [0.2, 0.25) is 0 Å². The Morgan fingerprint density at radius 1 is 1.55 bits per heavy atom. The average Bonchev–Trinajstić information content (AvgIpc) is 3.03. The van der Waals surface area contributed by atoms with E-state index in [1.165, 1.54) is 6.26 Å². The maximum atomic E-state index is 12.4. The van der Waals surface area contributed by atoms with E-state index in [4.69, 9.17) is 0 Å². The third-order valence-electron chi connectivity index (χ3n) is 3.91. The van der Waals surface area contributed by atoms with Crippen LogP contribution in [0.5, 0.6) is 0 Å². The highest BCUT2D eigenvalue weighted by Gasteiger charge is 2.31. The summed E-state index contributed by atoms with van der Waals surface area (Å²) in [5, 5.41) is 7.06. The second-order valence-corrected chi connectivity index (χ2v) is 8.33. The first kappa shape index (κ1) is 16.8. The number of nitrogens with zero attached hydrogens (tertiary/aromatic N) is 3. The first-order valence-electron chi connectivity index (χ1n) is 7.49. The van der Waals surface area contributed by atoms with Gasteiger partial charge in [-0.25, -0.2) is 13.2 Å². The van der Waals surface area contributed by atoms with Gasteiger partial charge in [0.1, 0.15) is 9.84 Å². The second-order valence-electron chi connectivity index (χ2n) is 6.07. The number of nitrogens with one attached hydrogen (secondary N) is 1. The quantitative estimate of drug-likeness (QED) is 0.877. The number of urea groups is 1. The summed E-state index contributed by atoms with van der Waals surface area (Å²) in [6.07, 6.45) is 7.25. The normalized spacial score (nSPS) is 20.1. The Kier molecular flexibility index (Phi) is 5.10. The highest BCUT2D eigenvalue weighted by molar-refractivity contribution is 7.90. The van der Waals surface area contributed by atoms with Crippen LogP contribution in [0.25, 0.3) is 0 Å². The molecule has 1 saturated heterocycles. The van der Waals surface area contributed by atoms with Gasteiger partial charge in [-0.2, -0.15) is 5.10 Å². The summed E-state index contributed by atoms with van der Waals surface area (Å²) in [5.41, 5.74) is 1.04. The monoisotopic (exact) mass is 328 g/mol. The van der Waals surface area contributed by atoms with Crippen molar-refractivity contribution < 1.29 is 13.2 Å². The smallest absolute Gasteiger partial charge is 0.318 e. The summed E-state index contributed by atoms with van der Waals surface area (Å²) in [5.74, 6) is 0.0838. The first-order valence-corrected chi connectivity index (χ1v) is 9.56. The fourth-order valence-electron chi connectivity index (χ4n) is 2.73. The van der Waals surface area contributed by atoms with Gasteiger partial charge in [0.15, 0.2) is 0 Å². The number of aryl methyl sites for hydroxylation is 1. The molecule has 2 atom stereocenters. The molecule has 8 heteroatoms. The minimum atomic E-state index is -3.00. The Bertz CT molecular complexity index is 626. The predicted molar refractivity (Wildman–Crippen MR) is 84.2 cm³/mol. The molecular formula is C14H24N4O3S. The predicted octanol–water partition coefficient (Wildman–Crippen LogP) is 1.09. The van der Waals surface area contributed by atoms with Gasteiger partial charge in [0.2, 0.25) is 0 Å². The number of amides is 2. The van der Waals surface area contributed by atoms with E-state index in [1.807, 2.05) is 25.1 Å². The topological polar surface area (TPSA) is 84.3 Å². The molecule has 0 aromatic carbocycles. The fraction of sp³-hybridized carbons (Fsp3) is 0.714. The van der Waals surface area contributed by atoms with Gasteiger partial charge in [-0.3, -0.25) is 4.68 Å². The van der Waals surface area contributed by atoms with Crippen molar-refractivity contribution in [2.75, 3.05) is 18.6 Å². The Balaban J connectivity index is 1.93. The highest BCUT2D eigenvalue weighted by Crippen LogP contribution is 2.31. The number of hydrogen-bond donors (Lipinski definition) is 1. The SMILES string of the molecule is C[C@H](CCS(C)(=O)=O)NC(=O)N1CCC[C@H]1c1cnn(C)c1. The number of carbonyl (C=O) groups excluding carboxylic acids is 1. The van der Waals surface area contributed by atoms with Gasteiger partial charge in [0, 0.05) is 37.7 Å². The van der Waals surface area contributed by atoms with Crippen molar-refractivity contribution >= 4 is 15.9 Å². The van der Waals surface area contributed by atoms with Gasteiger partial charge in [0.05, 0.1) is 18.0 Å². The fourth-order valence-corrected chi connectivity index (χ4v) is 3.51. The Morgan fingerprint density at radius 3 is 2.86 bits per heavy atom. The van der Waals surface area contributed by atoms with Crippen LogP contribution in [-0.4, -0.2) is 53.7 Å². The van der Waals surface area contributed by atoms with E-state index in [0.29, 0.717) is 13.0 Å². The van der Waals surface area contributed by atoms with Crippen LogP contribution in [0.15, 0.2) is 12.4 Å². The van der Waals surface area contributed by atoms with Gasteiger partial charge in [-0.1, -0.05) is 0 Å². The lowest BCUT2D eigenvalue weighted by atomic mass is 10.1. The second kappa shape index (κ2) is 6.68. The summed E-state index contributed by atoms with van der Waals surface area (Å²) in [6, 6.07) is -0.250. The van der Waals surface area contributed by atoms with Crippen molar-refractivity contribution in [3.05, 3.63) is 18.0 Å². The van der Waals surface area contributed by atoms with E-state index in [0.717, 1.165) is 18.4 Å². The summed E-state index contributed by atoms with van der Waals surface area (Å²) in [4.78, 5) is 14.2. The number of carbonyl (C=O) groups is 1. The number of aromatic nitrogens is 2. The number of sulfone groups is 1. The summed E-state index contributed by atoms with van der Waals surface area (Å²) in [7, 11) is -1.14. The zero-order valence-electron chi connectivity index (χ0n) is 13.3. The van der Waals surface area contributed by atoms with Crippen LogP contribution in [0.1, 0.15) is 37.8 Å². The minimum Gasteiger partial charge on any atom is -0.335 e. The Hall–Kier alpha value is -1.57. The molecule has 1 N–H and O–H groups in total. The third kappa shape index (κ3) is 4.46. The summed E-state index contributed by atoms with van der Waals surface area (Å²) in [6.45, 7) is 2.54. The van der Waals surface area contributed by atoms with Gasteiger partial charge >= 0.3 is 6.03 Å². The zero-order chi connectivity index (χ0) is 16.3. The Labute approximate surface area is 131 Å². The molecule has 0 unspecified atom stereocenters. The van der Waals surface area contributed by atoms with Crippen LogP contribution in [0.3, 0.4) is 0 Å². The summed E-state index contributed by atoms with van der Waals surface area (Å²) < 4.78 is 24.1. The maximum Gasteiger partial charge on any atom is 0.318 e. The number of rotatable bonds is 5. The molecule has 1 aromatic rings. The number of hydrogen-bond acceptors (Lipinski definition) is 4. The molecule has 7 nitrogen and oxygen atoms in total. The van der Waals surface area contributed by atoms with Crippen molar-refractivity contribution in [3.8, 4) is 0 Å². The lowest BCUT2D eigenvalue weighted by Gasteiger charge is -2.26. The standard InChI is InChI=1S/C14H24N4O3S/c1-11(6-8-22(3,20)21)16-14(19)18-7-4-5-13(18)12-9-15-17(2)10-12/h9-11,13H,4-8H2,1-3H3,(H,16,19)/t11-,13+/m1/s1. The van der Waals surface area contributed by atoms with Crippen LogP contribution in [0.4, 0.5) is 4.79 Å². The summed E-state index contributed by atoms with van der Waals surface area (Å²) >= 11 is 0. The van der Waals surface area contributed by atoms with Gasteiger partial charge in [-0.15, -0.1) is 0 Å². The molecule has 1 aromatic heterocycles. The average molecular weight is 328 g/mol. The molecule has 2 heterocycles. The molecule has 0 spiro atoms. The van der Waals surface area contributed by atoms with Crippen LogP contribution in [-0.2, 0) is 16.9 Å². The zero-order valence-corrected chi connectivity index (χ0v) is 14.1. The Morgan fingerprint density at radius 2 is 2.27 bits per heavy atom. The van der Waals surface area contributed by atoms with Gasteiger partial charge in [-0.05, 0) is 26.2 Å². The molecule has 2 amide bonds. The van der Waals surface area contributed by atoms with E-state index in [9.17, 15) is 13.2 Å². The first-order chi connectivity index (χ1) is 10.3. The van der Waals surface area contributed by atoms with Crippen molar-refractivity contribution in [1.29, 1.82) is 0 Å². The molecule has 124 valence electrons. The third-order valence-corrected chi connectivity index (χ3v) is 4.89. The van der Waals surface area contributed by atoms with Gasteiger partial charge in [0.25, 0.3) is 0 Å². The molecule has 1 aliphatic heterocycles. The molecular weight excluding hydrogens is 304 g/mol. The highest BCUT2D eigenvalue weighted by atomic mass is 32.2. The van der Waals surface area contributed by atoms with E-state index in [2.05, 4.69) is 10.4 Å². The lowest BCUT2D eigenvalue weighted by Crippen LogP contribution is -2.43. The van der Waals surface area contributed by atoms with Crippen LogP contribution >= 0.6 is 0 Å². The van der Waals surface area contributed by atoms with Crippen LogP contribution < -0.4 is 5.32 Å². The largest absolute Gasteiger partial charge is 0.335 e. The van der Waals surface area contributed by atoms with E-state index in [1.54, 1.807) is 10.9 Å². The number of likely N-dealkylation sites (tertiary alicyclic amines) is 1. The van der Waals surface area contributed by atoms with E-state index >= 15 is 0 Å². The van der Waals surface area contributed by atoms with Gasteiger partial charge < -0.3 is 10.2 Å². The van der Waals surface area contributed by atoms with E-state index < -0.39 is 9.84 Å². The maximum absolute atomic E-state index is 12.4. The molecule has 0 aliphatic carbocycles. The van der Waals surface area contributed by atoms with Crippen molar-refractivity contribution in [2.45, 2.75) is 38.3 Å². The molecule has 1 aliphatic rings. The van der Waals surface area contributed by atoms with E-state index in [-0.39, 0.29) is 23.9 Å². The molecule has 0 radical (unpaired) electrons.